The van der Waals surface area contributed by atoms with Gasteiger partial charge in [0, 0.05) is 17.5 Å². The molecule has 6 heteroatoms. The highest BCUT2D eigenvalue weighted by Crippen LogP contribution is 2.50. The lowest BCUT2D eigenvalue weighted by Crippen LogP contribution is -2.42. The lowest BCUT2D eigenvalue weighted by Gasteiger charge is -2.42. The first-order chi connectivity index (χ1) is 8.84. The van der Waals surface area contributed by atoms with E-state index in [9.17, 15) is 13.2 Å². The molecule has 2 N–H and O–H groups in total. The summed E-state index contributed by atoms with van der Waals surface area (Å²) in [5.41, 5.74) is 5.29. The molecular weight excluding hydrogens is 323 g/mol. The van der Waals surface area contributed by atoms with Gasteiger partial charge in [0.1, 0.15) is 5.75 Å². The standard InChI is InChI=1S/C13H15BrF3NO/c1-19-11-9(12(7-18)3-2-4-12)5-8(6-10(11)14)13(15,16)17/h5-6H,2-4,7,18H2,1H3. The van der Waals surface area contributed by atoms with Gasteiger partial charge in [-0.05, 0) is 40.9 Å². The number of methoxy groups -OCH3 is 1. The lowest BCUT2D eigenvalue weighted by molar-refractivity contribution is -0.137. The summed E-state index contributed by atoms with van der Waals surface area (Å²) in [6.07, 6.45) is -1.79. The van der Waals surface area contributed by atoms with Crippen LogP contribution in [0.25, 0.3) is 0 Å². The molecule has 0 heterocycles. The molecule has 0 unspecified atom stereocenters. The van der Waals surface area contributed by atoms with Gasteiger partial charge in [0.15, 0.2) is 0 Å². The third-order valence-electron chi connectivity index (χ3n) is 3.85. The summed E-state index contributed by atoms with van der Waals surface area (Å²) in [6, 6.07) is 2.22. The quantitative estimate of drug-likeness (QED) is 0.908. The summed E-state index contributed by atoms with van der Waals surface area (Å²) in [5.74, 6) is 0.457. The highest BCUT2D eigenvalue weighted by atomic mass is 79.9. The maximum Gasteiger partial charge on any atom is 0.416 e. The zero-order valence-corrected chi connectivity index (χ0v) is 12.1. The van der Waals surface area contributed by atoms with Gasteiger partial charge in [-0.15, -0.1) is 0 Å². The second-order valence-electron chi connectivity index (χ2n) is 4.87. The van der Waals surface area contributed by atoms with Crippen LogP contribution in [0.4, 0.5) is 13.2 Å². The van der Waals surface area contributed by atoms with Crippen LogP contribution in [0, 0.1) is 0 Å². The summed E-state index contributed by atoms with van der Waals surface area (Å²) in [6.45, 7) is 0.330. The molecule has 19 heavy (non-hydrogen) atoms. The summed E-state index contributed by atoms with van der Waals surface area (Å²) in [7, 11) is 1.46. The SMILES string of the molecule is COc1c(Br)cc(C(F)(F)F)cc1C1(CN)CCC1. The van der Waals surface area contributed by atoms with E-state index in [4.69, 9.17) is 10.5 Å². The zero-order valence-electron chi connectivity index (χ0n) is 10.5. The van der Waals surface area contributed by atoms with Crippen molar-refractivity contribution >= 4 is 15.9 Å². The molecule has 0 spiro atoms. The molecule has 106 valence electrons. The van der Waals surface area contributed by atoms with E-state index in [1.54, 1.807) is 0 Å². The number of alkyl halides is 3. The van der Waals surface area contributed by atoms with Gasteiger partial charge in [0.05, 0.1) is 17.1 Å². The molecule has 1 aliphatic rings. The van der Waals surface area contributed by atoms with Crippen molar-refractivity contribution in [1.29, 1.82) is 0 Å². The average molecular weight is 338 g/mol. The summed E-state index contributed by atoms with van der Waals surface area (Å²) in [4.78, 5) is 0. The Morgan fingerprint density at radius 1 is 1.37 bits per heavy atom. The van der Waals surface area contributed by atoms with Crippen LogP contribution in [0.5, 0.6) is 5.75 Å². The molecule has 2 rings (SSSR count). The number of ether oxygens (including phenoxy) is 1. The van der Waals surface area contributed by atoms with Crippen LogP contribution in [0.3, 0.4) is 0 Å². The van der Waals surface area contributed by atoms with E-state index in [1.807, 2.05) is 0 Å². The molecule has 1 aliphatic carbocycles. The molecule has 1 aromatic rings. The van der Waals surface area contributed by atoms with E-state index in [0.29, 0.717) is 22.3 Å². The summed E-state index contributed by atoms with van der Waals surface area (Å²) < 4.78 is 44.3. The van der Waals surface area contributed by atoms with E-state index in [1.165, 1.54) is 13.2 Å². The maximum atomic E-state index is 12.9. The molecular formula is C13H15BrF3NO. The molecule has 0 bridgehead atoms. The Morgan fingerprint density at radius 2 is 2.00 bits per heavy atom. The largest absolute Gasteiger partial charge is 0.495 e. The number of benzene rings is 1. The fraction of sp³-hybridized carbons (Fsp3) is 0.538. The number of nitrogens with two attached hydrogens (primary N) is 1. The minimum atomic E-state index is -4.37. The smallest absolute Gasteiger partial charge is 0.416 e. The molecule has 0 atom stereocenters. The van der Waals surface area contributed by atoms with Crippen LogP contribution in [-0.2, 0) is 11.6 Å². The van der Waals surface area contributed by atoms with Gasteiger partial charge in [-0.25, -0.2) is 0 Å². The second-order valence-corrected chi connectivity index (χ2v) is 5.73. The lowest BCUT2D eigenvalue weighted by atomic mass is 9.64. The predicted octanol–water partition coefficient (Wildman–Crippen LogP) is 3.86. The summed E-state index contributed by atoms with van der Waals surface area (Å²) in [5, 5.41) is 0. The van der Waals surface area contributed by atoms with E-state index >= 15 is 0 Å². The maximum absolute atomic E-state index is 12.9. The van der Waals surface area contributed by atoms with Crippen LogP contribution in [0.1, 0.15) is 30.4 Å². The number of rotatable bonds is 3. The van der Waals surface area contributed by atoms with E-state index in [0.717, 1.165) is 25.3 Å². The Kier molecular flexibility index (Phi) is 3.84. The molecule has 0 aromatic heterocycles. The molecule has 1 fully saturated rings. The highest BCUT2D eigenvalue weighted by molar-refractivity contribution is 9.10. The van der Waals surface area contributed by atoms with Crippen molar-refractivity contribution < 1.29 is 17.9 Å². The Morgan fingerprint density at radius 3 is 2.37 bits per heavy atom. The zero-order chi connectivity index (χ0) is 14.3. The van der Waals surface area contributed by atoms with Gasteiger partial charge in [0.2, 0.25) is 0 Å². The predicted molar refractivity (Wildman–Crippen MR) is 70.3 cm³/mol. The fourth-order valence-corrected chi connectivity index (χ4v) is 3.17. The van der Waals surface area contributed by atoms with Crippen LogP contribution >= 0.6 is 15.9 Å². The van der Waals surface area contributed by atoms with E-state index < -0.39 is 11.7 Å². The molecule has 0 radical (unpaired) electrons. The van der Waals surface area contributed by atoms with Gasteiger partial charge in [-0.2, -0.15) is 13.2 Å². The van der Waals surface area contributed by atoms with Crippen molar-refractivity contribution in [2.75, 3.05) is 13.7 Å². The van der Waals surface area contributed by atoms with Gasteiger partial charge < -0.3 is 10.5 Å². The van der Waals surface area contributed by atoms with Crippen molar-refractivity contribution in [3.8, 4) is 5.75 Å². The molecule has 0 aliphatic heterocycles. The van der Waals surface area contributed by atoms with Crippen molar-refractivity contribution in [1.82, 2.24) is 0 Å². The van der Waals surface area contributed by atoms with Gasteiger partial charge >= 0.3 is 6.18 Å². The first kappa shape index (κ1) is 14.7. The number of hydrogen-bond donors (Lipinski definition) is 1. The second kappa shape index (κ2) is 4.98. The van der Waals surface area contributed by atoms with Crippen LogP contribution in [-0.4, -0.2) is 13.7 Å². The van der Waals surface area contributed by atoms with E-state index in [-0.39, 0.29) is 5.41 Å². The van der Waals surface area contributed by atoms with Crippen molar-refractivity contribution in [3.63, 3.8) is 0 Å². The topological polar surface area (TPSA) is 35.2 Å². The Hall–Kier alpha value is -0.750. The Balaban J connectivity index is 2.60. The monoisotopic (exact) mass is 337 g/mol. The first-order valence-corrected chi connectivity index (χ1v) is 6.78. The molecule has 0 saturated heterocycles. The van der Waals surface area contributed by atoms with Gasteiger partial charge in [-0.1, -0.05) is 6.42 Å². The third-order valence-corrected chi connectivity index (χ3v) is 4.44. The third kappa shape index (κ3) is 2.48. The van der Waals surface area contributed by atoms with Crippen molar-refractivity contribution in [3.05, 3.63) is 27.7 Å². The molecule has 1 aromatic carbocycles. The summed E-state index contributed by atoms with van der Waals surface area (Å²) >= 11 is 3.16. The molecule has 1 saturated carbocycles. The minimum absolute atomic E-state index is 0.319. The van der Waals surface area contributed by atoms with Crippen LogP contribution in [0.2, 0.25) is 0 Å². The first-order valence-electron chi connectivity index (χ1n) is 5.99. The Bertz CT molecular complexity index is 478. The van der Waals surface area contributed by atoms with Crippen molar-refractivity contribution in [2.24, 2.45) is 5.73 Å². The number of halogens is 4. The molecule has 2 nitrogen and oxygen atoms in total. The average Bonchev–Trinajstić information content (AvgIpc) is 2.26. The minimum Gasteiger partial charge on any atom is -0.495 e. The molecule has 0 amide bonds. The van der Waals surface area contributed by atoms with Crippen LogP contribution in [0.15, 0.2) is 16.6 Å². The number of hydrogen-bond acceptors (Lipinski definition) is 2. The normalized spacial score (nSPS) is 18.0. The Labute approximate surface area is 118 Å². The van der Waals surface area contributed by atoms with E-state index in [2.05, 4.69) is 15.9 Å². The van der Waals surface area contributed by atoms with Gasteiger partial charge in [-0.3, -0.25) is 0 Å². The van der Waals surface area contributed by atoms with Crippen LogP contribution < -0.4 is 10.5 Å². The van der Waals surface area contributed by atoms with Gasteiger partial charge in [0.25, 0.3) is 0 Å². The van der Waals surface area contributed by atoms with Crippen molar-refractivity contribution in [2.45, 2.75) is 30.9 Å². The fourth-order valence-electron chi connectivity index (χ4n) is 2.55. The highest BCUT2D eigenvalue weighted by Gasteiger charge is 2.42.